The Morgan fingerprint density at radius 2 is 2.11 bits per heavy atom. The van der Waals surface area contributed by atoms with E-state index in [1.165, 1.54) is 0 Å². The number of likely N-dealkylation sites (N-methyl/N-ethyl adjacent to an activating group) is 1. The van der Waals surface area contributed by atoms with Crippen LogP contribution in [0, 0.1) is 11.3 Å². The van der Waals surface area contributed by atoms with Crippen LogP contribution in [-0.4, -0.2) is 37.0 Å². The summed E-state index contributed by atoms with van der Waals surface area (Å²) in [7, 11) is 1.93. The fraction of sp³-hybridized carbons (Fsp3) is 0.429. The third kappa shape index (κ3) is 3.69. The fourth-order valence-electron chi connectivity index (χ4n) is 2.27. The van der Waals surface area contributed by atoms with E-state index in [0.717, 1.165) is 25.9 Å². The highest BCUT2D eigenvalue weighted by molar-refractivity contribution is 5.94. The first kappa shape index (κ1) is 15.5. The van der Waals surface area contributed by atoms with Gasteiger partial charge in [-0.05, 0) is 44.2 Å². The number of hydrogen-bond donors (Lipinski definition) is 1. The number of amides is 1. The summed E-state index contributed by atoms with van der Waals surface area (Å²) in [5.74, 6) is 0.0550. The van der Waals surface area contributed by atoms with Crippen LogP contribution in [0.5, 0.6) is 0 Å². The van der Waals surface area contributed by atoms with Gasteiger partial charge in [-0.25, -0.2) is 0 Å². The Balaban J connectivity index is 0.00000180. The van der Waals surface area contributed by atoms with Crippen molar-refractivity contribution in [2.75, 3.05) is 20.1 Å². The lowest BCUT2D eigenvalue weighted by atomic mass is 10.0. The average Bonchev–Trinajstić information content (AvgIpc) is 2.46. The summed E-state index contributed by atoms with van der Waals surface area (Å²) in [6.07, 6.45) is 2.15. The van der Waals surface area contributed by atoms with E-state index in [9.17, 15) is 4.79 Å². The van der Waals surface area contributed by atoms with Crippen LogP contribution >= 0.6 is 12.4 Å². The largest absolute Gasteiger partial charge is 0.337 e. The maximum absolute atomic E-state index is 12.3. The Kier molecular flexibility index (Phi) is 5.81. The van der Waals surface area contributed by atoms with E-state index < -0.39 is 0 Å². The molecule has 1 saturated heterocycles. The minimum absolute atomic E-state index is 0. The molecule has 0 bridgehead atoms. The lowest BCUT2D eigenvalue weighted by molar-refractivity contribution is 0.0698. The van der Waals surface area contributed by atoms with Crippen LogP contribution in [0.4, 0.5) is 0 Å². The third-order valence-electron chi connectivity index (χ3n) is 3.38. The average molecular weight is 280 g/mol. The topological polar surface area (TPSA) is 56.1 Å². The molecule has 1 unspecified atom stereocenters. The smallest absolute Gasteiger partial charge is 0.253 e. The molecule has 102 valence electrons. The van der Waals surface area contributed by atoms with Crippen molar-refractivity contribution in [1.82, 2.24) is 10.2 Å². The number of likely N-dealkylation sites (tertiary alicyclic amines) is 1. The number of carbonyl (C=O) groups excluding carboxylic acids is 1. The van der Waals surface area contributed by atoms with Crippen LogP contribution < -0.4 is 5.32 Å². The maximum Gasteiger partial charge on any atom is 0.253 e. The normalized spacial score (nSPS) is 18.3. The van der Waals surface area contributed by atoms with Crippen molar-refractivity contribution >= 4 is 18.3 Å². The number of halogens is 1. The molecule has 1 aliphatic heterocycles. The molecule has 1 aliphatic rings. The van der Waals surface area contributed by atoms with Crippen molar-refractivity contribution in [1.29, 1.82) is 5.26 Å². The van der Waals surface area contributed by atoms with Gasteiger partial charge in [0, 0.05) is 24.7 Å². The van der Waals surface area contributed by atoms with Gasteiger partial charge in [-0.3, -0.25) is 4.79 Å². The number of piperidine rings is 1. The Morgan fingerprint density at radius 1 is 1.42 bits per heavy atom. The van der Waals surface area contributed by atoms with E-state index >= 15 is 0 Å². The number of nitrogens with zero attached hydrogens (tertiary/aromatic N) is 2. The van der Waals surface area contributed by atoms with Gasteiger partial charge in [0.05, 0.1) is 11.6 Å². The summed E-state index contributed by atoms with van der Waals surface area (Å²) in [6.45, 7) is 1.58. The molecular formula is C14H18ClN3O. The van der Waals surface area contributed by atoms with Gasteiger partial charge >= 0.3 is 0 Å². The Hall–Kier alpha value is -1.57. The molecule has 19 heavy (non-hydrogen) atoms. The van der Waals surface area contributed by atoms with E-state index in [0.29, 0.717) is 17.2 Å². The highest BCUT2D eigenvalue weighted by atomic mass is 35.5. The van der Waals surface area contributed by atoms with Crippen molar-refractivity contribution < 1.29 is 4.79 Å². The van der Waals surface area contributed by atoms with Gasteiger partial charge in [0.2, 0.25) is 0 Å². The molecule has 0 aliphatic carbocycles. The molecule has 0 spiro atoms. The van der Waals surface area contributed by atoms with Gasteiger partial charge < -0.3 is 10.2 Å². The number of rotatable bonds is 2. The molecule has 1 aromatic carbocycles. The quantitative estimate of drug-likeness (QED) is 0.898. The molecule has 1 amide bonds. The number of nitriles is 1. The summed E-state index contributed by atoms with van der Waals surface area (Å²) in [6, 6.07) is 9.27. The molecule has 1 aromatic rings. The zero-order valence-corrected chi connectivity index (χ0v) is 11.7. The summed E-state index contributed by atoms with van der Waals surface area (Å²) >= 11 is 0. The second-order valence-corrected chi connectivity index (χ2v) is 4.57. The Morgan fingerprint density at radius 3 is 2.68 bits per heavy atom. The molecule has 5 heteroatoms. The SMILES string of the molecule is CNC1CCCN(C(=O)c2ccc(C#N)cc2)C1.Cl. The molecule has 2 rings (SSSR count). The molecule has 0 saturated carbocycles. The van der Waals surface area contributed by atoms with E-state index in [4.69, 9.17) is 5.26 Å². The van der Waals surface area contributed by atoms with Crippen molar-refractivity contribution in [2.45, 2.75) is 18.9 Å². The number of nitrogens with one attached hydrogen (secondary N) is 1. The van der Waals surface area contributed by atoms with Crippen LogP contribution in [0.15, 0.2) is 24.3 Å². The lowest BCUT2D eigenvalue weighted by Crippen LogP contribution is -2.46. The first-order chi connectivity index (χ1) is 8.74. The zero-order valence-electron chi connectivity index (χ0n) is 10.9. The molecule has 1 heterocycles. The van der Waals surface area contributed by atoms with Crippen molar-refractivity contribution in [3.63, 3.8) is 0 Å². The predicted octanol–water partition coefficient (Wildman–Crippen LogP) is 1.80. The van der Waals surface area contributed by atoms with Crippen molar-refractivity contribution in [3.05, 3.63) is 35.4 Å². The predicted molar refractivity (Wildman–Crippen MR) is 76.4 cm³/mol. The van der Waals surface area contributed by atoms with Crippen LogP contribution in [0.2, 0.25) is 0 Å². The molecule has 1 N–H and O–H groups in total. The van der Waals surface area contributed by atoms with E-state index in [1.54, 1.807) is 24.3 Å². The minimum atomic E-state index is 0. The standard InChI is InChI=1S/C14H17N3O.ClH/c1-16-13-3-2-8-17(10-13)14(18)12-6-4-11(9-15)5-7-12;/h4-7,13,16H,2-3,8,10H2,1H3;1H. The summed E-state index contributed by atoms with van der Waals surface area (Å²) in [5, 5.41) is 12.0. The second-order valence-electron chi connectivity index (χ2n) is 4.57. The number of benzene rings is 1. The van der Waals surface area contributed by atoms with Gasteiger partial charge in [-0.2, -0.15) is 5.26 Å². The van der Waals surface area contributed by atoms with Gasteiger partial charge in [0.15, 0.2) is 0 Å². The van der Waals surface area contributed by atoms with E-state index in [2.05, 4.69) is 11.4 Å². The molecule has 1 fully saturated rings. The van der Waals surface area contributed by atoms with E-state index in [1.807, 2.05) is 11.9 Å². The monoisotopic (exact) mass is 279 g/mol. The summed E-state index contributed by atoms with van der Waals surface area (Å²) < 4.78 is 0. The molecule has 4 nitrogen and oxygen atoms in total. The third-order valence-corrected chi connectivity index (χ3v) is 3.38. The first-order valence-electron chi connectivity index (χ1n) is 6.21. The fourth-order valence-corrected chi connectivity index (χ4v) is 2.27. The highest BCUT2D eigenvalue weighted by Crippen LogP contribution is 2.14. The Bertz CT molecular complexity index is 467. The summed E-state index contributed by atoms with van der Waals surface area (Å²) in [5.41, 5.74) is 1.24. The number of hydrogen-bond acceptors (Lipinski definition) is 3. The number of carbonyl (C=O) groups is 1. The van der Waals surface area contributed by atoms with Crippen LogP contribution in [0.3, 0.4) is 0 Å². The molecule has 0 aromatic heterocycles. The molecule has 1 atom stereocenters. The lowest BCUT2D eigenvalue weighted by Gasteiger charge is -2.32. The first-order valence-corrected chi connectivity index (χ1v) is 6.21. The highest BCUT2D eigenvalue weighted by Gasteiger charge is 2.23. The van der Waals surface area contributed by atoms with Gasteiger partial charge in [0.25, 0.3) is 5.91 Å². The molecule has 0 radical (unpaired) electrons. The van der Waals surface area contributed by atoms with Crippen LogP contribution in [-0.2, 0) is 0 Å². The minimum Gasteiger partial charge on any atom is -0.337 e. The van der Waals surface area contributed by atoms with Crippen molar-refractivity contribution in [2.24, 2.45) is 0 Å². The van der Waals surface area contributed by atoms with Crippen LogP contribution in [0.1, 0.15) is 28.8 Å². The van der Waals surface area contributed by atoms with Gasteiger partial charge in [-0.15, -0.1) is 12.4 Å². The molecular weight excluding hydrogens is 262 g/mol. The Labute approximate surface area is 119 Å². The van der Waals surface area contributed by atoms with E-state index in [-0.39, 0.29) is 18.3 Å². The van der Waals surface area contributed by atoms with Crippen molar-refractivity contribution in [3.8, 4) is 6.07 Å². The zero-order chi connectivity index (χ0) is 13.0. The summed E-state index contributed by atoms with van der Waals surface area (Å²) in [4.78, 5) is 14.2. The second kappa shape index (κ2) is 7.13. The van der Waals surface area contributed by atoms with Gasteiger partial charge in [-0.1, -0.05) is 0 Å². The van der Waals surface area contributed by atoms with Gasteiger partial charge in [0.1, 0.15) is 0 Å². The van der Waals surface area contributed by atoms with Crippen LogP contribution in [0.25, 0.3) is 0 Å². The maximum atomic E-state index is 12.3.